The Hall–Kier alpha value is -2.22. The van der Waals surface area contributed by atoms with Crippen molar-refractivity contribution in [3.63, 3.8) is 0 Å². The second-order valence-electron chi connectivity index (χ2n) is 5.79. The molecule has 1 atom stereocenters. The van der Waals surface area contributed by atoms with Crippen molar-refractivity contribution in [2.75, 3.05) is 6.54 Å². The summed E-state index contributed by atoms with van der Waals surface area (Å²) in [5.74, 6) is 0.423. The monoisotopic (exact) mass is 387 g/mol. The van der Waals surface area contributed by atoms with Crippen molar-refractivity contribution in [1.82, 2.24) is 20.4 Å². The molecule has 0 aliphatic rings. The summed E-state index contributed by atoms with van der Waals surface area (Å²) >= 11 is 5.89. The number of guanidine groups is 1. The molecule has 9 heteroatoms. The highest BCUT2D eigenvalue weighted by Gasteiger charge is 2.36. The summed E-state index contributed by atoms with van der Waals surface area (Å²) in [5, 5.41) is 10.3. The second-order valence-corrected chi connectivity index (χ2v) is 6.22. The predicted molar refractivity (Wildman–Crippen MR) is 96.0 cm³/mol. The van der Waals surface area contributed by atoms with E-state index in [9.17, 15) is 13.2 Å². The number of halogens is 4. The Labute approximate surface area is 155 Å². The van der Waals surface area contributed by atoms with Crippen LogP contribution in [0.3, 0.4) is 0 Å². The first-order chi connectivity index (χ1) is 12.2. The Morgan fingerprint density at radius 2 is 1.96 bits per heavy atom. The first-order valence-corrected chi connectivity index (χ1v) is 8.48. The van der Waals surface area contributed by atoms with E-state index in [1.54, 1.807) is 12.1 Å². The van der Waals surface area contributed by atoms with Gasteiger partial charge in [-0.1, -0.05) is 23.7 Å². The molecule has 0 fully saturated rings. The highest BCUT2D eigenvalue weighted by atomic mass is 35.5. The average molecular weight is 388 g/mol. The SMILES string of the molecule is CCNC(=NCc1cn(C)nc1C(F)(F)F)NC(C)c1ccc(Cl)cc1. The van der Waals surface area contributed by atoms with Crippen LogP contribution in [0, 0.1) is 0 Å². The van der Waals surface area contributed by atoms with E-state index in [-0.39, 0.29) is 18.2 Å². The third kappa shape index (κ3) is 5.39. The van der Waals surface area contributed by atoms with Gasteiger partial charge in [0.2, 0.25) is 0 Å². The molecule has 1 unspecified atom stereocenters. The van der Waals surface area contributed by atoms with Gasteiger partial charge >= 0.3 is 6.18 Å². The van der Waals surface area contributed by atoms with Crippen molar-refractivity contribution in [3.8, 4) is 0 Å². The maximum absolute atomic E-state index is 13.0. The summed E-state index contributed by atoms with van der Waals surface area (Å²) in [6.45, 7) is 4.26. The van der Waals surface area contributed by atoms with E-state index in [1.807, 2.05) is 26.0 Å². The number of nitrogens with one attached hydrogen (secondary N) is 2. The van der Waals surface area contributed by atoms with Crippen molar-refractivity contribution >= 4 is 17.6 Å². The molecule has 1 aromatic heterocycles. The van der Waals surface area contributed by atoms with Gasteiger partial charge in [-0.25, -0.2) is 4.99 Å². The van der Waals surface area contributed by atoms with Crippen molar-refractivity contribution in [1.29, 1.82) is 0 Å². The lowest BCUT2D eigenvalue weighted by molar-refractivity contribution is -0.142. The van der Waals surface area contributed by atoms with Gasteiger partial charge in [0.25, 0.3) is 0 Å². The number of hydrogen-bond acceptors (Lipinski definition) is 2. The predicted octanol–water partition coefficient (Wildman–Crippen LogP) is 3.91. The maximum atomic E-state index is 13.0. The molecule has 2 aromatic rings. The molecule has 0 aliphatic heterocycles. The van der Waals surface area contributed by atoms with Crippen LogP contribution in [0.25, 0.3) is 0 Å². The zero-order valence-corrected chi connectivity index (χ0v) is 15.5. The van der Waals surface area contributed by atoms with Gasteiger partial charge in [0, 0.05) is 30.4 Å². The molecule has 0 saturated heterocycles. The van der Waals surface area contributed by atoms with Crippen LogP contribution in [0.2, 0.25) is 5.02 Å². The molecule has 2 rings (SSSR count). The zero-order chi connectivity index (χ0) is 19.3. The fraction of sp³-hybridized carbons (Fsp3) is 0.412. The minimum Gasteiger partial charge on any atom is -0.357 e. The quantitative estimate of drug-likeness (QED) is 0.604. The molecular weight excluding hydrogens is 367 g/mol. The van der Waals surface area contributed by atoms with Crippen LogP contribution in [-0.4, -0.2) is 22.3 Å². The van der Waals surface area contributed by atoms with Crippen molar-refractivity contribution in [2.45, 2.75) is 32.6 Å². The minimum absolute atomic E-state index is 0.0244. The number of benzene rings is 1. The van der Waals surface area contributed by atoms with E-state index in [4.69, 9.17) is 11.6 Å². The molecular formula is C17H21ClF3N5. The normalized spacial score (nSPS) is 13.6. The van der Waals surface area contributed by atoms with Gasteiger partial charge in [-0.2, -0.15) is 18.3 Å². The Balaban J connectivity index is 2.15. The Kier molecular flexibility index (Phi) is 6.52. The van der Waals surface area contributed by atoms with E-state index in [2.05, 4.69) is 20.7 Å². The highest BCUT2D eigenvalue weighted by Crippen LogP contribution is 2.30. The number of nitrogens with zero attached hydrogens (tertiary/aromatic N) is 3. The number of aryl methyl sites for hydroxylation is 1. The fourth-order valence-electron chi connectivity index (χ4n) is 2.42. The molecule has 0 spiro atoms. The van der Waals surface area contributed by atoms with Gasteiger partial charge in [-0.3, -0.25) is 4.68 Å². The summed E-state index contributed by atoms with van der Waals surface area (Å²) in [6, 6.07) is 7.23. The third-order valence-electron chi connectivity index (χ3n) is 3.65. The van der Waals surface area contributed by atoms with E-state index < -0.39 is 11.9 Å². The Morgan fingerprint density at radius 3 is 2.54 bits per heavy atom. The van der Waals surface area contributed by atoms with Crippen LogP contribution in [-0.2, 0) is 19.8 Å². The maximum Gasteiger partial charge on any atom is 0.435 e. The second kappa shape index (κ2) is 8.44. The fourth-order valence-corrected chi connectivity index (χ4v) is 2.54. The van der Waals surface area contributed by atoms with Gasteiger partial charge < -0.3 is 10.6 Å². The first kappa shape index (κ1) is 20.1. The molecule has 5 nitrogen and oxygen atoms in total. The summed E-state index contributed by atoms with van der Waals surface area (Å²) in [5.41, 5.74) is 0.0964. The summed E-state index contributed by atoms with van der Waals surface area (Å²) in [6.07, 6.45) is -3.17. The van der Waals surface area contributed by atoms with Crippen molar-refractivity contribution in [3.05, 3.63) is 52.3 Å². The number of rotatable bonds is 5. The first-order valence-electron chi connectivity index (χ1n) is 8.10. The van der Waals surface area contributed by atoms with Crippen molar-refractivity contribution < 1.29 is 13.2 Å². The van der Waals surface area contributed by atoms with Crippen molar-refractivity contribution in [2.24, 2.45) is 12.0 Å². The molecule has 0 aliphatic carbocycles. The molecule has 0 radical (unpaired) electrons. The standard InChI is InChI=1S/C17H21ClF3N5/c1-4-22-16(24-11(2)12-5-7-14(18)8-6-12)23-9-13-10-26(3)25-15(13)17(19,20)21/h5-8,10-11H,4,9H2,1-3H3,(H2,22,23,24). The van der Waals surface area contributed by atoms with Gasteiger partial charge in [0.15, 0.2) is 11.7 Å². The summed E-state index contributed by atoms with van der Waals surface area (Å²) in [7, 11) is 1.45. The van der Waals surface area contributed by atoms with E-state index >= 15 is 0 Å². The molecule has 26 heavy (non-hydrogen) atoms. The van der Waals surface area contributed by atoms with Crippen LogP contribution in [0.5, 0.6) is 0 Å². The molecule has 1 heterocycles. The van der Waals surface area contributed by atoms with Crippen LogP contribution in [0.15, 0.2) is 35.5 Å². The number of alkyl halides is 3. The largest absolute Gasteiger partial charge is 0.435 e. The highest BCUT2D eigenvalue weighted by molar-refractivity contribution is 6.30. The zero-order valence-electron chi connectivity index (χ0n) is 14.7. The van der Waals surface area contributed by atoms with E-state index in [0.29, 0.717) is 17.5 Å². The average Bonchev–Trinajstić information content (AvgIpc) is 2.94. The third-order valence-corrected chi connectivity index (χ3v) is 3.90. The number of aliphatic imine (C=N–C) groups is 1. The van der Waals surface area contributed by atoms with Crippen LogP contribution < -0.4 is 10.6 Å². The van der Waals surface area contributed by atoms with E-state index in [1.165, 1.54) is 13.2 Å². The van der Waals surface area contributed by atoms with Gasteiger partial charge in [-0.05, 0) is 31.5 Å². The van der Waals surface area contributed by atoms with Crippen LogP contribution in [0.1, 0.15) is 36.7 Å². The van der Waals surface area contributed by atoms with Crippen LogP contribution >= 0.6 is 11.6 Å². The number of aromatic nitrogens is 2. The topological polar surface area (TPSA) is 54.2 Å². The molecule has 1 aromatic carbocycles. The van der Waals surface area contributed by atoms with Gasteiger partial charge in [-0.15, -0.1) is 0 Å². The minimum atomic E-state index is -4.51. The molecule has 0 saturated carbocycles. The van der Waals surface area contributed by atoms with Gasteiger partial charge in [0.05, 0.1) is 12.6 Å². The molecule has 2 N–H and O–H groups in total. The van der Waals surface area contributed by atoms with Crippen LogP contribution in [0.4, 0.5) is 13.2 Å². The summed E-state index contributed by atoms with van der Waals surface area (Å²) in [4.78, 5) is 4.27. The molecule has 142 valence electrons. The smallest absolute Gasteiger partial charge is 0.357 e. The number of hydrogen-bond donors (Lipinski definition) is 2. The lowest BCUT2D eigenvalue weighted by Crippen LogP contribution is -2.38. The lowest BCUT2D eigenvalue weighted by Gasteiger charge is -2.18. The lowest BCUT2D eigenvalue weighted by atomic mass is 10.1. The molecule has 0 bridgehead atoms. The van der Waals surface area contributed by atoms with E-state index in [0.717, 1.165) is 10.2 Å². The Bertz CT molecular complexity index is 753. The van der Waals surface area contributed by atoms with Gasteiger partial charge in [0.1, 0.15) is 0 Å². The molecule has 0 amide bonds. The summed E-state index contributed by atoms with van der Waals surface area (Å²) < 4.78 is 40.2. The Morgan fingerprint density at radius 1 is 1.31 bits per heavy atom.